The minimum Gasteiger partial charge on any atom is -0.352 e. The summed E-state index contributed by atoms with van der Waals surface area (Å²) >= 11 is 0. The molecule has 0 spiro atoms. The van der Waals surface area contributed by atoms with Crippen molar-refractivity contribution in [1.29, 1.82) is 0 Å². The molecule has 1 fully saturated rings. The van der Waals surface area contributed by atoms with E-state index in [-0.39, 0.29) is 24.0 Å². The largest absolute Gasteiger partial charge is 0.352 e. The normalized spacial score (nSPS) is 20.6. The standard InChI is InChI=1S/C21H26N4.HI/c1-22-21(25-14-11-19(16-25)24-12-4-5-13-24)23-15-18-9-6-8-17-7-2-3-10-20(17)18;/h2-10,19H,11-16H2,1H3,(H,22,23);1H. The molecule has 0 radical (unpaired) electrons. The Morgan fingerprint density at radius 2 is 1.88 bits per heavy atom. The molecule has 1 saturated heterocycles. The Morgan fingerprint density at radius 3 is 2.69 bits per heavy atom. The molecule has 1 unspecified atom stereocenters. The van der Waals surface area contributed by atoms with Crippen LogP contribution in [0.4, 0.5) is 0 Å². The van der Waals surface area contributed by atoms with Gasteiger partial charge in [0.1, 0.15) is 0 Å². The van der Waals surface area contributed by atoms with E-state index in [1.165, 1.54) is 22.8 Å². The van der Waals surface area contributed by atoms with Crippen LogP contribution in [-0.4, -0.2) is 55.0 Å². The van der Waals surface area contributed by atoms with Crippen molar-refractivity contribution >= 4 is 40.7 Å². The highest BCUT2D eigenvalue weighted by molar-refractivity contribution is 14.0. The summed E-state index contributed by atoms with van der Waals surface area (Å²) < 4.78 is 0. The number of halogens is 1. The lowest BCUT2D eigenvalue weighted by molar-refractivity contribution is 0.259. The lowest BCUT2D eigenvalue weighted by Crippen LogP contribution is -2.42. The van der Waals surface area contributed by atoms with Gasteiger partial charge in [-0.1, -0.05) is 54.6 Å². The first-order valence-electron chi connectivity index (χ1n) is 9.16. The van der Waals surface area contributed by atoms with Gasteiger partial charge in [-0.2, -0.15) is 0 Å². The third kappa shape index (κ3) is 4.04. The van der Waals surface area contributed by atoms with E-state index in [9.17, 15) is 0 Å². The summed E-state index contributed by atoms with van der Waals surface area (Å²) in [6.07, 6.45) is 5.77. The molecular weight excluding hydrogens is 435 g/mol. The Balaban J connectivity index is 0.00000196. The summed E-state index contributed by atoms with van der Waals surface area (Å²) in [6.45, 7) is 5.15. The third-order valence-electron chi connectivity index (χ3n) is 5.35. The van der Waals surface area contributed by atoms with Gasteiger partial charge < -0.3 is 10.2 Å². The predicted octanol–water partition coefficient (Wildman–Crippen LogP) is 3.48. The van der Waals surface area contributed by atoms with Crippen LogP contribution < -0.4 is 5.32 Å². The van der Waals surface area contributed by atoms with Crippen LogP contribution in [-0.2, 0) is 6.54 Å². The molecule has 0 amide bonds. The third-order valence-corrected chi connectivity index (χ3v) is 5.35. The zero-order valence-corrected chi connectivity index (χ0v) is 17.6. The average Bonchev–Trinajstić information content (AvgIpc) is 3.34. The van der Waals surface area contributed by atoms with Crippen molar-refractivity contribution in [2.75, 3.05) is 33.2 Å². The molecule has 4 nitrogen and oxygen atoms in total. The highest BCUT2D eigenvalue weighted by Crippen LogP contribution is 2.20. The average molecular weight is 462 g/mol. The summed E-state index contributed by atoms with van der Waals surface area (Å²) in [5.74, 6) is 1.02. The van der Waals surface area contributed by atoms with Gasteiger partial charge in [0, 0.05) is 45.8 Å². The van der Waals surface area contributed by atoms with Crippen molar-refractivity contribution in [3.05, 3.63) is 60.2 Å². The number of benzene rings is 2. The maximum absolute atomic E-state index is 4.52. The molecule has 0 saturated carbocycles. The zero-order chi connectivity index (χ0) is 17.1. The highest BCUT2D eigenvalue weighted by Gasteiger charge is 2.29. The Hall–Kier alpha value is -1.60. The molecule has 1 atom stereocenters. The number of hydrogen-bond acceptors (Lipinski definition) is 2. The molecule has 138 valence electrons. The minimum absolute atomic E-state index is 0. The van der Waals surface area contributed by atoms with Gasteiger partial charge in [-0.3, -0.25) is 9.89 Å². The van der Waals surface area contributed by atoms with Crippen molar-refractivity contribution in [3.63, 3.8) is 0 Å². The molecule has 2 aliphatic rings. The fourth-order valence-corrected chi connectivity index (χ4v) is 3.98. The van der Waals surface area contributed by atoms with Gasteiger partial charge in [0.05, 0.1) is 0 Å². The van der Waals surface area contributed by atoms with Crippen molar-refractivity contribution in [2.24, 2.45) is 4.99 Å². The van der Waals surface area contributed by atoms with Crippen LogP contribution in [0.25, 0.3) is 10.8 Å². The van der Waals surface area contributed by atoms with E-state index in [2.05, 4.69) is 74.7 Å². The second-order valence-electron chi connectivity index (χ2n) is 6.85. The molecular formula is C21H27IN4. The van der Waals surface area contributed by atoms with Crippen LogP contribution in [0.3, 0.4) is 0 Å². The molecule has 2 aromatic carbocycles. The Morgan fingerprint density at radius 1 is 1.12 bits per heavy atom. The highest BCUT2D eigenvalue weighted by atomic mass is 127. The van der Waals surface area contributed by atoms with Crippen LogP contribution in [0.1, 0.15) is 12.0 Å². The van der Waals surface area contributed by atoms with Gasteiger partial charge in [0.25, 0.3) is 0 Å². The molecule has 2 aliphatic heterocycles. The Kier molecular flexibility index (Phi) is 6.53. The Bertz CT molecular complexity index is 788. The minimum atomic E-state index is 0. The molecule has 1 N–H and O–H groups in total. The van der Waals surface area contributed by atoms with Crippen molar-refractivity contribution < 1.29 is 0 Å². The number of hydrogen-bond donors (Lipinski definition) is 1. The fraction of sp³-hybridized carbons (Fsp3) is 0.381. The van der Waals surface area contributed by atoms with Crippen LogP contribution in [0.5, 0.6) is 0 Å². The summed E-state index contributed by atoms with van der Waals surface area (Å²) in [4.78, 5) is 9.47. The maximum atomic E-state index is 4.52. The van der Waals surface area contributed by atoms with Crippen LogP contribution in [0, 0.1) is 0 Å². The van der Waals surface area contributed by atoms with E-state index < -0.39 is 0 Å². The molecule has 0 aromatic heterocycles. The number of aliphatic imine (C=N–C) groups is 1. The van der Waals surface area contributed by atoms with E-state index in [1.807, 2.05) is 7.05 Å². The van der Waals surface area contributed by atoms with Crippen LogP contribution >= 0.6 is 24.0 Å². The smallest absolute Gasteiger partial charge is 0.193 e. The van der Waals surface area contributed by atoms with Gasteiger partial charge in [0.15, 0.2) is 5.96 Å². The van der Waals surface area contributed by atoms with E-state index in [0.29, 0.717) is 6.04 Å². The van der Waals surface area contributed by atoms with Gasteiger partial charge >= 0.3 is 0 Å². The second kappa shape index (κ2) is 8.86. The molecule has 26 heavy (non-hydrogen) atoms. The van der Waals surface area contributed by atoms with E-state index in [1.54, 1.807) is 0 Å². The topological polar surface area (TPSA) is 30.9 Å². The van der Waals surface area contributed by atoms with Gasteiger partial charge in [-0.05, 0) is 22.8 Å². The number of rotatable bonds is 3. The van der Waals surface area contributed by atoms with Crippen molar-refractivity contribution in [2.45, 2.75) is 19.0 Å². The van der Waals surface area contributed by atoms with Gasteiger partial charge in [-0.15, -0.1) is 24.0 Å². The molecule has 0 bridgehead atoms. The van der Waals surface area contributed by atoms with E-state index in [0.717, 1.165) is 38.7 Å². The molecule has 0 aliphatic carbocycles. The molecule has 4 rings (SSSR count). The first-order valence-corrected chi connectivity index (χ1v) is 9.16. The molecule has 2 heterocycles. The number of nitrogens with zero attached hydrogens (tertiary/aromatic N) is 3. The van der Waals surface area contributed by atoms with Crippen LogP contribution in [0.2, 0.25) is 0 Å². The second-order valence-corrected chi connectivity index (χ2v) is 6.85. The lowest BCUT2D eigenvalue weighted by atomic mass is 10.0. The molecule has 2 aromatic rings. The van der Waals surface area contributed by atoms with Crippen LogP contribution in [0.15, 0.2) is 59.6 Å². The van der Waals surface area contributed by atoms with E-state index >= 15 is 0 Å². The zero-order valence-electron chi connectivity index (χ0n) is 15.3. The molecule has 5 heteroatoms. The van der Waals surface area contributed by atoms with Gasteiger partial charge in [0.2, 0.25) is 0 Å². The van der Waals surface area contributed by atoms with E-state index in [4.69, 9.17) is 0 Å². The predicted molar refractivity (Wildman–Crippen MR) is 120 cm³/mol. The summed E-state index contributed by atoms with van der Waals surface area (Å²) in [5.41, 5.74) is 1.32. The quantitative estimate of drug-likeness (QED) is 0.328. The summed E-state index contributed by atoms with van der Waals surface area (Å²) in [7, 11) is 1.89. The number of fused-ring (bicyclic) bond motifs is 1. The summed E-state index contributed by atoms with van der Waals surface area (Å²) in [6, 6.07) is 15.7. The van der Waals surface area contributed by atoms with Crippen molar-refractivity contribution in [1.82, 2.24) is 15.1 Å². The first kappa shape index (κ1) is 19.2. The SMILES string of the molecule is CN=C(NCc1cccc2ccccc12)N1CCC(N2CC=CC2)C1.I. The lowest BCUT2D eigenvalue weighted by Gasteiger charge is -2.25. The van der Waals surface area contributed by atoms with Gasteiger partial charge in [-0.25, -0.2) is 0 Å². The Labute approximate surface area is 173 Å². The monoisotopic (exact) mass is 462 g/mol. The fourth-order valence-electron chi connectivity index (χ4n) is 3.98. The van der Waals surface area contributed by atoms with Crippen molar-refractivity contribution in [3.8, 4) is 0 Å². The summed E-state index contributed by atoms with van der Waals surface area (Å²) in [5, 5.41) is 6.18. The maximum Gasteiger partial charge on any atom is 0.193 e. The first-order chi connectivity index (χ1) is 12.3. The number of guanidine groups is 1. The number of nitrogens with one attached hydrogen (secondary N) is 1. The number of likely N-dealkylation sites (tertiary alicyclic amines) is 1.